The zero-order chi connectivity index (χ0) is 18.0. The number of hydrogen-bond donors (Lipinski definition) is 1. The Morgan fingerprint density at radius 3 is 2.60 bits per heavy atom. The Labute approximate surface area is 146 Å². The number of hydrogen-bond acceptors (Lipinski definition) is 5. The number of morpholine rings is 1. The van der Waals surface area contributed by atoms with Gasteiger partial charge in [0.1, 0.15) is 6.54 Å². The van der Waals surface area contributed by atoms with Crippen LogP contribution >= 0.6 is 0 Å². The summed E-state index contributed by atoms with van der Waals surface area (Å²) in [5, 5.41) is 9.05. The minimum absolute atomic E-state index is 0.165. The first-order valence-corrected chi connectivity index (χ1v) is 9.56. The number of aliphatic carboxylic acids is 1. The fraction of sp³-hybridized carbons (Fsp3) is 0.500. The van der Waals surface area contributed by atoms with E-state index in [-0.39, 0.29) is 17.2 Å². The van der Waals surface area contributed by atoms with Crippen molar-refractivity contribution >= 4 is 27.6 Å². The smallest absolute Gasteiger partial charge is 0.323 e. The third kappa shape index (κ3) is 3.68. The summed E-state index contributed by atoms with van der Waals surface area (Å²) in [6.07, 6.45) is 1.33. The van der Waals surface area contributed by atoms with Gasteiger partial charge in [-0.3, -0.25) is 9.59 Å². The fourth-order valence-electron chi connectivity index (χ4n) is 3.13. The third-order valence-electron chi connectivity index (χ3n) is 4.38. The summed E-state index contributed by atoms with van der Waals surface area (Å²) in [5.41, 5.74) is 1.16. The Bertz CT molecular complexity index is 786. The lowest BCUT2D eigenvalue weighted by atomic mass is 10.1. The minimum Gasteiger partial charge on any atom is -0.480 e. The van der Waals surface area contributed by atoms with Gasteiger partial charge in [0.05, 0.1) is 18.1 Å². The first kappa shape index (κ1) is 17.8. The number of benzene rings is 1. The number of carboxylic acids is 1. The van der Waals surface area contributed by atoms with Crippen molar-refractivity contribution in [3.8, 4) is 0 Å². The zero-order valence-corrected chi connectivity index (χ0v) is 14.5. The van der Waals surface area contributed by atoms with Gasteiger partial charge in [-0.25, -0.2) is 8.42 Å². The van der Waals surface area contributed by atoms with Gasteiger partial charge in [0, 0.05) is 25.2 Å². The molecule has 1 aromatic carbocycles. The predicted octanol–water partition coefficient (Wildman–Crippen LogP) is 0.461. The molecule has 1 fully saturated rings. The van der Waals surface area contributed by atoms with E-state index >= 15 is 0 Å². The molecule has 0 atom stereocenters. The Morgan fingerprint density at radius 2 is 1.92 bits per heavy atom. The maximum atomic E-state index is 12.8. The summed E-state index contributed by atoms with van der Waals surface area (Å²) in [7, 11) is -3.63. The number of amides is 1. The molecule has 1 amide bonds. The number of anilines is 1. The van der Waals surface area contributed by atoms with Gasteiger partial charge >= 0.3 is 5.97 Å². The van der Waals surface area contributed by atoms with Crippen LogP contribution in [0.2, 0.25) is 0 Å². The largest absolute Gasteiger partial charge is 0.480 e. The average Bonchev–Trinajstić information content (AvgIpc) is 2.74. The first-order valence-electron chi connectivity index (χ1n) is 8.12. The van der Waals surface area contributed by atoms with E-state index in [0.29, 0.717) is 50.4 Å². The van der Waals surface area contributed by atoms with Crippen LogP contribution in [0.15, 0.2) is 23.1 Å². The van der Waals surface area contributed by atoms with E-state index in [9.17, 15) is 18.0 Å². The molecule has 8 nitrogen and oxygen atoms in total. The van der Waals surface area contributed by atoms with Crippen LogP contribution in [0.25, 0.3) is 0 Å². The predicted molar refractivity (Wildman–Crippen MR) is 88.9 cm³/mol. The van der Waals surface area contributed by atoms with Crippen LogP contribution in [0.1, 0.15) is 18.4 Å². The van der Waals surface area contributed by atoms with Crippen molar-refractivity contribution in [1.82, 2.24) is 4.31 Å². The maximum absolute atomic E-state index is 12.8. The number of fused-ring (bicyclic) bond motifs is 1. The molecule has 9 heteroatoms. The Hall–Kier alpha value is -1.97. The SMILES string of the molecule is O=C(O)CN1C(=O)CCCc2cc(S(=O)(=O)N3CCOCC3)ccc21. The van der Waals surface area contributed by atoms with E-state index in [0.717, 1.165) is 0 Å². The van der Waals surface area contributed by atoms with Crippen molar-refractivity contribution in [2.45, 2.75) is 24.2 Å². The van der Waals surface area contributed by atoms with Crippen molar-refractivity contribution in [1.29, 1.82) is 0 Å². The van der Waals surface area contributed by atoms with E-state index in [4.69, 9.17) is 9.84 Å². The lowest BCUT2D eigenvalue weighted by Gasteiger charge is -2.27. The molecule has 2 aliphatic rings. The Balaban J connectivity index is 1.97. The van der Waals surface area contributed by atoms with Gasteiger partial charge in [-0.15, -0.1) is 0 Å². The van der Waals surface area contributed by atoms with Gasteiger partial charge in [-0.05, 0) is 36.6 Å². The number of carbonyl (C=O) groups is 2. The molecule has 0 aromatic heterocycles. The fourth-order valence-corrected chi connectivity index (χ4v) is 4.59. The second-order valence-corrected chi connectivity index (χ2v) is 7.97. The molecule has 136 valence electrons. The van der Waals surface area contributed by atoms with Crippen LogP contribution in [0.4, 0.5) is 5.69 Å². The van der Waals surface area contributed by atoms with Crippen LogP contribution < -0.4 is 4.90 Å². The van der Waals surface area contributed by atoms with Gasteiger partial charge in [0.15, 0.2) is 0 Å². The summed E-state index contributed by atoms with van der Waals surface area (Å²) in [6.45, 7) is 0.920. The number of ether oxygens (including phenoxy) is 1. The molecule has 1 N–H and O–H groups in total. The van der Waals surface area contributed by atoms with E-state index in [1.165, 1.54) is 21.3 Å². The number of aryl methyl sites for hydroxylation is 1. The minimum atomic E-state index is -3.63. The summed E-state index contributed by atoms with van der Waals surface area (Å²) in [6, 6.07) is 4.54. The molecule has 0 bridgehead atoms. The topological polar surface area (TPSA) is 104 Å². The average molecular weight is 368 g/mol. The van der Waals surface area contributed by atoms with Gasteiger partial charge < -0.3 is 14.7 Å². The summed E-state index contributed by atoms with van der Waals surface area (Å²) < 4.78 is 32.1. The van der Waals surface area contributed by atoms with E-state index in [2.05, 4.69) is 0 Å². The highest BCUT2D eigenvalue weighted by Gasteiger charge is 2.29. The molecule has 25 heavy (non-hydrogen) atoms. The molecular weight excluding hydrogens is 348 g/mol. The quantitative estimate of drug-likeness (QED) is 0.828. The van der Waals surface area contributed by atoms with Gasteiger partial charge in [-0.1, -0.05) is 0 Å². The van der Waals surface area contributed by atoms with Crippen LogP contribution in [-0.4, -0.2) is 62.6 Å². The van der Waals surface area contributed by atoms with Crippen LogP contribution in [-0.2, 0) is 30.8 Å². The maximum Gasteiger partial charge on any atom is 0.323 e. The molecule has 2 heterocycles. The first-order chi connectivity index (χ1) is 11.9. The number of rotatable bonds is 4. The monoisotopic (exact) mass is 368 g/mol. The molecule has 3 rings (SSSR count). The van der Waals surface area contributed by atoms with Crippen LogP contribution in [0.5, 0.6) is 0 Å². The molecule has 1 aromatic rings. The van der Waals surface area contributed by atoms with Crippen molar-refractivity contribution in [3.63, 3.8) is 0 Å². The van der Waals surface area contributed by atoms with E-state index < -0.39 is 22.5 Å². The summed E-state index contributed by atoms with van der Waals surface area (Å²) in [5.74, 6) is -1.36. The van der Waals surface area contributed by atoms with Gasteiger partial charge in [0.2, 0.25) is 15.9 Å². The number of carboxylic acid groups (broad SMARTS) is 1. The highest BCUT2D eigenvalue weighted by molar-refractivity contribution is 7.89. The second kappa shape index (κ2) is 7.11. The summed E-state index contributed by atoms with van der Waals surface area (Å²) >= 11 is 0. The van der Waals surface area contributed by atoms with Crippen LogP contribution in [0.3, 0.4) is 0 Å². The third-order valence-corrected chi connectivity index (χ3v) is 6.28. The number of carbonyl (C=O) groups excluding carboxylic acids is 1. The second-order valence-electron chi connectivity index (χ2n) is 6.03. The lowest BCUT2D eigenvalue weighted by molar-refractivity contribution is -0.136. The van der Waals surface area contributed by atoms with Gasteiger partial charge in [0.25, 0.3) is 0 Å². The molecular formula is C16H20N2O6S. The van der Waals surface area contributed by atoms with Crippen molar-refractivity contribution in [2.75, 3.05) is 37.7 Å². The number of nitrogens with zero attached hydrogens (tertiary/aromatic N) is 2. The molecule has 1 saturated heterocycles. The van der Waals surface area contributed by atoms with E-state index in [1.54, 1.807) is 6.07 Å². The van der Waals surface area contributed by atoms with E-state index in [1.807, 2.05) is 0 Å². The molecule has 0 spiro atoms. The highest BCUT2D eigenvalue weighted by atomic mass is 32.2. The number of sulfonamides is 1. The van der Waals surface area contributed by atoms with Crippen molar-refractivity contribution in [2.24, 2.45) is 0 Å². The molecule has 2 aliphatic heterocycles. The Morgan fingerprint density at radius 1 is 1.20 bits per heavy atom. The van der Waals surface area contributed by atoms with Crippen LogP contribution in [0, 0.1) is 0 Å². The highest BCUT2D eigenvalue weighted by Crippen LogP contribution is 2.30. The molecule has 0 radical (unpaired) electrons. The van der Waals surface area contributed by atoms with Gasteiger partial charge in [-0.2, -0.15) is 4.31 Å². The lowest BCUT2D eigenvalue weighted by Crippen LogP contribution is -2.40. The normalized spacial score (nSPS) is 19.4. The van der Waals surface area contributed by atoms with Crippen molar-refractivity contribution < 1.29 is 27.9 Å². The Kier molecular flexibility index (Phi) is 5.07. The summed E-state index contributed by atoms with van der Waals surface area (Å²) in [4.78, 5) is 24.6. The molecule has 0 aliphatic carbocycles. The van der Waals surface area contributed by atoms with Crippen molar-refractivity contribution in [3.05, 3.63) is 23.8 Å². The standard InChI is InChI=1S/C16H20N2O6S/c19-15-3-1-2-12-10-13(4-5-14(12)18(15)11-16(20)21)25(22,23)17-6-8-24-9-7-17/h4-5,10H,1-3,6-9,11H2,(H,20,21). The zero-order valence-electron chi connectivity index (χ0n) is 13.7. The molecule has 0 saturated carbocycles. The molecule has 0 unspecified atom stereocenters.